The summed E-state index contributed by atoms with van der Waals surface area (Å²) in [6.45, 7) is 19.2. The lowest BCUT2D eigenvalue weighted by molar-refractivity contribution is -0.129. The van der Waals surface area contributed by atoms with E-state index in [0.29, 0.717) is 50.1 Å². The van der Waals surface area contributed by atoms with Gasteiger partial charge < -0.3 is 19.5 Å². The predicted octanol–water partition coefficient (Wildman–Crippen LogP) is 7.66. The number of pyridine rings is 1. The Morgan fingerprint density at radius 3 is 2.31 bits per heavy atom. The zero-order valence-electron chi connectivity index (χ0n) is 30.3. The average molecular weight is 668 g/mol. The smallest absolute Gasteiger partial charge is 0.290 e. The van der Waals surface area contributed by atoms with Crippen LogP contribution in [0.2, 0.25) is 0 Å². The molecule has 8 nitrogen and oxygen atoms in total. The molecule has 0 aliphatic carbocycles. The Morgan fingerprint density at radius 1 is 0.959 bits per heavy atom. The molecule has 0 bridgehead atoms. The quantitative estimate of drug-likeness (QED) is 0.198. The Labute approximate surface area is 292 Å². The minimum absolute atomic E-state index is 0.0941. The van der Waals surface area contributed by atoms with Crippen LogP contribution < -0.4 is 4.74 Å². The van der Waals surface area contributed by atoms with Crippen LogP contribution in [0.1, 0.15) is 93.0 Å². The summed E-state index contributed by atoms with van der Waals surface area (Å²) in [6.07, 6.45) is 6.02. The van der Waals surface area contributed by atoms with Crippen molar-refractivity contribution in [1.82, 2.24) is 14.8 Å². The van der Waals surface area contributed by atoms with Gasteiger partial charge >= 0.3 is 0 Å². The van der Waals surface area contributed by atoms with Crippen LogP contribution in [0.25, 0.3) is 0 Å². The number of benzene rings is 2. The van der Waals surface area contributed by atoms with Crippen molar-refractivity contribution in [3.63, 3.8) is 0 Å². The molecule has 2 unspecified atom stereocenters. The summed E-state index contributed by atoms with van der Waals surface area (Å²) >= 11 is 0. The normalized spacial score (nSPS) is 19.1. The van der Waals surface area contributed by atoms with Crippen molar-refractivity contribution < 1.29 is 24.2 Å². The lowest BCUT2D eigenvalue weighted by Crippen LogP contribution is -2.48. The minimum Gasteiger partial charge on any atom is -0.503 e. The summed E-state index contributed by atoms with van der Waals surface area (Å²) in [4.78, 5) is 36.0. The van der Waals surface area contributed by atoms with E-state index in [2.05, 4.69) is 75.7 Å². The van der Waals surface area contributed by atoms with Crippen molar-refractivity contribution >= 4 is 11.7 Å². The molecule has 262 valence electrons. The van der Waals surface area contributed by atoms with Gasteiger partial charge in [-0.1, -0.05) is 65.8 Å². The molecule has 2 aliphatic rings. The van der Waals surface area contributed by atoms with Crippen LogP contribution in [0.5, 0.6) is 5.75 Å². The number of aromatic nitrogens is 1. The molecular formula is C41H53N3O5. The molecule has 1 amide bonds. The summed E-state index contributed by atoms with van der Waals surface area (Å²) in [7, 11) is 0. The molecule has 49 heavy (non-hydrogen) atoms. The van der Waals surface area contributed by atoms with Crippen molar-refractivity contribution in [2.45, 2.75) is 86.4 Å². The Kier molecular flexibility index (Phi) is 11.3. The molecule has 2 atom stereocenters. The van der Waals surface area contributed by atoms with E-state index in [0.717, 1.165) is 42.6 Å². The van der Waals surface area contributed by atoms with E-state index >= 15 is 0 Å². The molecule has 2 aromatic carbocycles. The molecule has 3 heterocycles. The zero-order valence-corrected chi connectivity index (χ0v) is 30.3. The highest BCUT2D eigenvalue weighted by molar-refractivity contribution is 6.16. The zero-order chi connectivity index (χ0) is 35.3. The fourth-order valence-corrected chi connectivity index (χ4v) is 6.97. The molecule has 1 fully saturated rings. The van der Waals surface area contributed by atoms with Gasteiger partial charge in [-0.3, -0.25) is 19.5 Å². The minimum atomic E-state index is -0.712. The number of aliphatic hydroxyl groups is 1. The van der Waals surface area contributed by atoms with Crippen molar-refractivity contribution in [1.29, 1.82) is 0 Å². The van der Waals surface area contributed by atoms with Gasteiger partial charge in [-0.25, -0.2) is 0 Å². The number of Topliss-reactive ketones (excluding diaryl/α,β-unsaturated/α-hetero) is 1. The van der Waals surface area contributed by atoms with E-state index < -0.39 is 17.7 Å². The van der Waals surface area contributed by atoms with Gasteiger partial charge in [0, 0.05) is 43.6 Å². The Hall–Kier alpha value is -4.01. The number of ether oxygens (including phenoxy) is 2. The number of hydrogen-bond acceptors (Lipinski definition) is 7. The Morgan fingerprint density at radius 2 is 1.65 bits per heavy atom. The number of aliphatic hydroxyl groups excluding tert-OH is 1. The first kappa shape index (κ1) is 36.3. The number of hydrogen-bond donors (Lipinski definition) is 1. The third-order valence-electron chi connectivity index (χ3n) is 9.20. The summed E-state index contributed by atoms with van der Waals surface area (Å²) in [6, 6.07) is 17.0. The fraction of sp³-hybridized carbons (Fsp3) is 0.488. The topological polar surface area (TPSA) is 92.2 Å². The van der Waals surface area contributed by atoms with E-state index in [9.17, 15) is 14.7 Å². The van der Waals surface area contributed by atoms with Gasteiger partial charge in [-0.15, -0.1) is 0 Å². The number of amides is 1. The lowest BCUT2D eigenvalue weighted by atomic mass is 9.87. The van der Waals surface area contributed by atoms with E-state index in [1.54, 1.807) is 47.6 Å². The second-order valence-corrected chi connectivity index (χ2v) is 16.0. The number of carbonyl (C=O) groups excluding carboxylic acids is 2. The first-order valence-corrected chi connectivity index (χ1v) is 17.5. The van der Waals surface area contributed by atoms with Crippen molar-refractivity contribution in [3.05, 3.63) is 106 Å². The average Bonchev–Trinajstić information content (AvgIpc) is 3.29. The van der Waals surface area contributed by atoms with Gasteiger partial charge in [0.25, 0.3) is 5.91 Å². The van der Waals surface area contributed by atoms with Crippen molar-refractivity contribution in [2.75, 3.05) is 32.8 Å². The molecule has 1 saturated heterocycles. The van der Waals surface area contributed by atoms with E-state index in [4.69, 9.17) is 9.47 Å². The standard InChI is InChI=1S/C41H53N3O5/c1-28-23-32(13-14-34(28)49-26-30-11-9-29(10-12-30)24-40(2,3)4)37(45)35-36(31-15-17-42-18-16-31)44(39(47)38(35)46)20-8-19-43-21-22-48-27-33(43)25-41(5,6)7/h9-18,23,33,36,46H,8,19-22,24-27H2,1-7H3. The molecule has 0 saturated carbocycles. The molecule has 0 spiro atoms. The van der Waals surface area contributed by atoms with Crippen molar-refractivity contribution in [2.24, 2.45) is 10.8 Å². The van der Waals surface area contributed by atoms with Gasteiger partial charge in [0.1, 0.15) is 12.4 Å². The molecule has 5 rings (SSSR count). The molecule has 3 aromatic rings. The summed E-state index contributed by atoms with van der Waals surface area (Å²) in [5.74, 6) is -0.714. The molecule has 2 aliphatic heterocycles. The maximum atomic E-state index is 14.1. The van der Waals surface area contributed by atoms with Gasteiger partial charge in [0.05, 0.1) is 24.8 Å². The van der Waals surface area contributed by atoms with Crippen LogP contribution in [0, 0.1) is 17.8 Å². The molecule has 1 aromatic heterocycles. The maximum absolute atomic E-state index is 14.1. The maximum Gasteiger partial charge on any atom is 0.290 e. The van der Waals surface area contributed by atoms with Crippen LogP contribution in [0.3, 0.4) is 0 Å². The molecule has 0 radical (unpaired) electrons. The first-order chi connectivity index (χ1) is 23.2. The summed E-state index contributed by atoms with van der Waals surface area (Å²) < 4.78 is 11.9. The number of rotatable bonds is 12. The number of aryl methyl sites for hydroxylation is 1. The number of morpholine rings is 1. The monoisotopic (exact) mass is 667 g/mol. The molecule has 1 N–H and O–H groups in total. The SMILES string of the molecule is Cc1cc(C(=O)C2=C(O)C(=O)N(CCCN3CCOCC3CC(C)(C)C)C2c2ccncc2)ccc1OCc1ccc(CC(C)(C)C)cc1. The van der Waals surface area contributed by atoms with E-state index in [-0.39, 0.29) is 22.2 Å². The number of nitrogens with zero attached hydrogens (tertiary/aromatic N) is 3. The van der Waals surface area contributed by atoms with Crippen LogP contribution in [-0.4, -0.2) is 70.5 Å². The molecular weight excluding hydrogens is 614 g/mol. The van der Waals surface area contributed by atoms with Crippen molar-refractivity contribution in [3.8, 4) is 5.75 Å². The van der Waals surface area contributed by atoms with Gasteiger partial charge in [-0.2, -0.15) is 0 Å². The van der Waals surface area contributed by atoms with Gasteiger partial charge in [0.2, 0.25) is 0 Å². The van der Waals surface area contributed by atoms with E-state index in [1.807, 2.05) is 6.92 Å². The van der Waals surface area contributed by atoms with Gasteiger partial charge in [0.15, 0.2) is 11.5 Å². The third-order valence-corrected chi connectivity index (χ3v) is 9.20. The summed E-state index contributed by atoms with van der Waals surface area (Å²) in [5.41, 5.74) is 4.78. The van der Waals surface area contributed by atoms with Crippen LogP contribution in [0.4, 0.5) is 0 Å². The Bertz CT molecular complexity index is 1640. The number of ketones is 1. The predicted molar refractivity (Wildman–Crippen MR) is 193 cm³/mol. The van der Waals surface area contributed by atoms with Crippen LogP contribution >= 0.6 is 0 Å². The summed E-state index contributed by atoms with van der Waals surface area (Å²) in [5, 5.41) is 11.2. The largest absolute Gasteiger partial charge is 0.503 e. The van der Waals surface area contributed by atoms with Crippen LogP contribution in [0.15, 0.2) is 78.3 Å². The number of carbonyl (C=O) groups is 2. The highest BCUT2D eigenvalue weighted by Crippen LogP contribution is 2.39. The second-order valence-electron chi connectivity index (χ2n) is 16.0. The Balaban J connectivity index is 1.29. The highest BCUT2D eigenvalue weighted by Gasteiger charge is 2.43. The highest BCUT2D eigenvalue weighted by atomic mass is 16.5. The second kappa shape index (κ2) is 15.3. The van der Waals surface area contributed by atoms with Gasteiger partial charge in [-0.05, 0) is 89.6 Å². The van der Waals surface area contributed by atoms with E-state index in [1.165, 1.54) is 5.56 Å². The van der Waals surface area contributed by atoms with Crippen LogP contribution in [-0.2, 0) is 22.6 Å². The molecule has 8 heteroatoms. The fourth-order valence-electron chi connectivity index (χ4n) is 6.97. The third kappa shape index (κ3) is 9.37. The lowest BCUT2D eigenvalue weighted by Gasteiger charge is -2.39. The first-order valence-electron chi connectivity index (χ1n) is 17.5.